The van der Waals surface area contributed by atoms with E-state index in [2.05, 4.69) is 9.97 Å². The Hall–Kier alpha value is -0.610. The first-order chi connectivity index (χ1) is 9.77. The van der Waals surface area contributed by atoms with Crippen LogP contribution in [0.3, 0.4) is 0 Å². The lowest BCUT2D eigenvalue weighted by Crippen LogP contribution is -2.33. The van der Waals surface area contributed by atoms with Crippen LogP contribution in [0.15, 0.2) is 18.2 Å². The van der Waals surface area contributed by atoms with Gasteiger partial charge in [-0.05, 0) is 41.0 Å². The standard InChI is InChI=1S/C12H15FN2OS.C2HIS/c1-12(2,3)17(16)15-8-10-6-4-5-9(7-14)11(10)13;1-2-4-3/h4-6,15H,8H2,1-3H3;1H. The Bertz CT molecular complexity index is 574. The van der Waals surface area contributed by atoms with Gasteiger partial charge in [0.05, 0.1) is 21.3 Å². The van der Waals surface area contributed by atoms with Crippen LogP contribution in [0.5, 0.6) is 0 Å². The van der Waals surface area contributed by atoms with Crippen LogP contribution in [0.2, 0.25) is 0 Å². The van der Waals surface area contributed by atoms with E-state index in [1.165, 1.54) is 15.0 Å². The molecule has 0 fully saturated rings. The molecule has 114 valence electrons. The first-order valence-corrected chi connectivity index (χ1v) is 10.3. The third-order valence-corrected chi connectivity index (χ3v) is 4.56. The van der Waals surface area contributed by atoms with Gasteiger partial charge in [0, 0.05) is 33.3 Å². The Morgan fingerprint density at radius 3 is 2.52 bits per heavy atom. The lowest BCUT2D eigenvalue weighted by molar-refractivity contribution is 0.598. The summed E-state index contributed by atoms with van der Waals surface area (Å²) in [7, 11) is 0.100. The second-order valence-corrected chi connectivity index (χ2v) is 8.55. The summed E-state index contributed by atoms with van der Waals surface area (Å²) < 4.78 is 27.7. The van der Waals surface area contributed by atoms with E-state index in [-0.39, 0.29) is 12.1 Å². The van der Waals surface area contributed by atoms with Crippen LogP contribution < -0.4 is 4.72 Å². The van der Waals surface area contributed by atoms with E-state index in [1.54, 1.807) is 18.2 Å². The van der Waals surface area contributed by atoms with Gasteiger partial charge in [-0.3, -0.25) is 0 Å². The predicted octanol–water partition coefficient (Wildman–Crippen LogP) is 3.91. The van der Waals surface area contributed by atoms with Gasteiger partial charge in [-0.2, -0.15) is 5.26 Å². The fraction of sp³-hybridized carbons (Fsp3) is 0.357. The molecule has 0 saturated carbocycles. The number of nitrogens with one attached hydrogen (secondary N) is 1. The van der Waals surface area contributed by atoms with E-state index in [0.29, 0.717) is 5.56 Å². The van der Waals surface area contributed by atoms with Crippen molar-refractivity contribution in [3.05, 3.63) is 35.1 Å². The zero-order chi connectivity index (χ0) is 16.5. The van der Waals surface area contributed by atoms with Gasteiger partial charge in [-0.1, -0.05) is 12.1 Å². The van der Waals surface area contributed by atoms with Crippen molar-refractivity contribution in [3.8, 4) is 17.7 Å². The van der Waals surface area contributed by atoms with E-state index >= 15 is 0 Å². The Morgan fingerprint density at radius 2 is 2.10 bits per heavy atom. The normalized spacial score (nSPS) is 11.6. The summed E-state index contributed by atoms with van der Waals surface area (Å²) in [4.78, 5) is 0. The number of hydrogen-bond donors (Lipinski definition) is 1. The molecule has 3 nitrogen and oxygen atoms in total. The molecule has 1 rings (SSSR count). The minimum absolute atomic E-state index is 0.00541. The number of halogens is 2. The highest BCUT2D eigenvalue weighted by Crippen LogP contribution is 2.14. The molecule has 0 aliphatic carbocycles. The second-order valence-electron chi connectivity index (χ2n) is 4.79. The molecule has 1 N–H and O–H groups in total. The first kappa shape index (κ1) is 20.4. The van der Waals surface area contributed by atoms with E-state index in [4.69, 9.17) is 11.7 Å². The zero-order valence-electron chi connectivity index (χ0n) is 11.9. The summed E-state index contributed by atoms with van der Waals surface area (Å²) in [5.74, 6) is -0.548. The number of terminal acetylenes is 1. The van der Waals surface area contributed by atoms with Crippen molar-refractivity contribution in [1.29, 1.82) is 5.26 Å². The highest BCUT2D eigenvalue weighted by molar-refractivity contribution is 14.2. The number of hydrogen-bond acceptors (Lipinski definition) is 3. The highest BCUT2D eigenvalue weighted by Gasteiger charge is 2.19. The SMILES string of the molecule is C#CSI.CC(C)(C)S(=O)NCc1cccc(C#N)c1F. The molecule has 1 unspecified atom stereocenters. The average molecular weight is 438 g/mol. The van der Waals surface area contributed by atoms with E-state index in [9.17, 15) is 8.60 Å². The molecule has 0 radical (unpaired) electrons. The van der Waals surface area contributed by atoms with Gasteiger partial charge in [-0.15, -0.1) is 6.42 Å². The number of nitrogens with zero attached hydrogens (tertiary/aromatic N) is 1. The van der Waals surface area contributed by atoms with Crippen LogP contribution >= 0.6 is 30.1 Å². The van der Waals surface area contributed by atoms with Gasteiger partial charge in [0.25, 0.3) is 0 Å². The van der Waals surface area contributed by atoms with Crippen LogP contribution in [0.25, 0.3) is 0 Å². The molecule has 0 amide bonds. The van der Waals surface area contributed by atoms with E-state index in [1.807, 2.05) is 42.0 Å². The largest absolute Gasteiger partial charge is 0.242 e. The minimum Gasteiger partial charge on any atom is -0.242 e. The molecule has 1 atom stereocenters. The van der Waals surface area contributed by atoms with E-state index in [0.717, 1.165) is 0 Å². The van der Waals surface area contributed by atoms with Crippen LogP contribution in [-0.4, -0.2) is 8.96 Å². The summed E-state index contributed by atoms with van der Waals surface area (Å²) in [5, 5.41) is 11.0. The first-order valence-electron chi connectivity index (χ1n) is 5.84. The van der Waals surface area contributed by atoms with Gasteiger partial charge in [0.15, 0.2) is 0 Å². The molecule has 0 aromatic heterocycles. The predicted molar refractivity (Wildman–Crippen MR) is 96.3 cm³/mol. The van der Waals surface area contributed by atoms with Crippen LogP contribution in [0.1, 0.15) is 31.9 Å². The fourth-order valence-corrected chi connectivity index (χ4v) is 1.88. The summed E-state index contributed by atoms with van der Waals surface area (Å²) >= 11 is 2.03. The molecule has 0 saturated heterocycles. The van der Waals surface area contributed by atoms with Crippen molar-refractivity contribution in [3.63, 3.8) is 0 Å². The third-order valence-electron chi connectivity index (χ3n) is 2.19. The molecule has 21 heavy (non-hydrogen) atoms. The monoisotopic (exact) mass is 438 g/mol. The maximum atomic E-state index is 13.7. The molecule has 0 aliphatic rings. The summed E-state index contributed by atoms with van der Waals surface area (Å²) in [6, 6.07) is 6.37. The average Bonchev–Trinajstić information content (AvgIpc) is 2.45. The summed E-state index contributed by atoms with van der Waals surface area (Å²) in [6.45, 7) is 5.64. The second kappa shape index (κ2) is 10.2. The van der Waals surface area contributed by atoms with Gasteiger partial charge >= 0.3 is 0 Å². The van der Waals surface area contributed by atoms with Crippen molar-refractivity contribution in [2.75, 3.05) is 0 Å². The van der Waals surface area contributed by atoms with E-state index < -0.39 is 21.5 Å². The molecule has 0 bridgehead atoms. The molecule has 0 aliphatic heterocycles. The van der Waals surface area contributed by atoms with Gasteiger partial charge in [0.1, 0.15) is 11.9 Å². The van der Waals surface area contributed by atoms with Crippen molar-refractivity contribution in [2.45, 2.75) is 32.1 Å². The maximum absolute atomic E-state index is 13.7. The summed E-state index contributed by atoms with van der Waals surface area (Å²) in [6.07, 6.45) is 4.73. The molecular weight excluding hydrogens is 422 g/mol. The molecule has 7 heteroatoms. The van der Waals surface area contributed by atoms with Gasteiger partial charge < -0.3 is 0 Å². The smallest absolute Gasteiger partial charge is 0.145 e. The number of nitriles is 1. The molecule has 0 heterocycles. The van der Waals surface area contributed by atoms with Crippen LogP contribution in [0, 0.1) is 28.8 Å². The van der Waals surface area contributed by atoms with Gasteiger partial charge in [0.2, 0.25) is 0 Å². The van der Waals surface area contributed by atoms with Gasteiger partial charge in [-0.25, -0.2) is 13.3 Å². The quantitative estimate of drug-likeness (QED) is 0.575. The number of rotatable bonds is 3. The topological polar surface area (TPSA) is 52.9 Å². The van der Waals surface area contributed by atoms with Crippen LogP contribution in [-0.2, 0) is 17.5 Å². The highest BCUT2D eigenvalue weighted by atomic mass is 127. The lowest BCUT2D eigenvalue weighted by Gasteiger charge is -2.18. The van der Waals surface area contributed by atoms with Crippen molar-refractivity contribution in [1.82, 2.24) is 4.72 Å². The number of benzene rings is 1. The molecule has 0 spiro atoms. The zero-order valence-corrected chi connectivity index (χ0v) is 15.7. The van der Waals surface area contributed by atoms with Crippen molar-refractivity contribution >= 4 is 41.1 Å². The molecule has 1 aromatic rings. The third kappa shape index (κ3) is 7.82. The summed E-state index contributed by atoms with van der Waals surface area (Å²) in [5.41, 5.74) is 0.354. The molecule has 1 aromatic carbocycles. The minimum atomic E-state index is -1.25. The Balaban J connectivity index is 0.000000885. The maximum Gasteiger partial charge on any atom is 0.145 e. The Labute approximate surface area is 144 Å². The van der Waals surface area contributed by atoms with Crippen molar-refractivity contribution in [2.24, 2.45) is 0 Å². The van der Waals surface area contributed by atoms with Crippen LogP contribution in [0.4, 0.5) is 4.39 Å². The lowest BCUT2D eigenvalue weighted by atomic mass is 10.1. The molecular formula is C14H16FIN2OS2. The van der Waals surface area contributed by atoms with Crippen molar-refractivity contribution < 1.29 is 8.60 Å². The Kier molecular flexibility index (Phi) is 9.88. The fourth-order valence-electron chi connectivity index (χ4n) is 1.16. The Morgan fingerprint density at radius 1 is 1.52 bits per heavy atom.